The number of hydrogen-bond acceptors (Lipinski definition) is 3. The van der Waals surface area contributed by atoms with Crippen LogP contribution in [-0.4, -0.2) is 30.5 Å². The van der Waals surface area contributed by atoms with Crippen LogP contribution in [-0.2, 0) is 4.74 Å². The molecule has 2 aromatic rings. The molecule has 0 saturated carbocycles. The molecule has 3 rings (SSSR count). The fourth-order valence-electron chi connectivity index (χ4n) is 2.29. The first-order chi connectivity index (χ1) is 10.1. The second-order valence-corrected chi connectivity index (χ2v) is 6.14. The van der Waals surface area contributed by atoms with Crippen LogP contribution in [0.15, 0.2) is 35.7 Å². The molecule has 0 aliphatic carbocycles. The molecule has 1 aromatic heterocycles. The minimum absolute atomic E-state index is 0.0185. The molecule has 1 atom stereocenters. The number of ether oxygens (including phenoxy) is 1. The lowest BCUT2D eigenvalue weighted by Crippen LogP contribution is -2.42. The van der Waals surface area contributed by atoms with E-state index in [1.165, 1.54) is 12.1 Å². The van der Waals surface area contributed by atoms with Crippen molar-refractivity contribution in [1.82, 2.24) is 4.90 Å². The summed E-state index contributed by atoms with van der Waals surface area (Å²) in [5, 5.41) is 2.00. The molecule has 1 aliphatic rings. The zero-order valence-electron chi connectivity index (χ0n) is 11.1. The van der Waals surface area contributed by atoms with Crippen LogP contribution < -0.4 is 0 Å². The fraction of sp³-hybridized carbons (Fsp3) is 0.267. The second-order valence-electron chi connectivity index (χ2n) is 4.75. The lowest BCUT2D eigenvalue weighted by Gasteiger charge is -2.32. The van der Waals surface area contributed by atoms with Crippen molar-refractivity contribution < 1.29 is 13.9 Å². The van der Waals surface area contributed by atoms with Crippen LogP contribution in [0, 0.1) is 5.82 Å². The van der Waals surface area contributed by atoms with E-state index in [1.807, 2.05) is 17.5 Å². The molecule has 1 amide bonds. The van der Waals surface area contributed by atoms with Gasteiger partial charge in [0, 0.05) is 17.0 Å². The Morgan fingerprint density at radius 1 is 1.43 bits per heavy atom. The summed E-state index contributed by atoms with van der Waals surface area (Å²) < 4.78 is 19.2. The Balaban J connectivity index is 1.76. The normalized spacial score (nSPS) is 18.8. The van der Waals surface area contributed by atoms with Crippen LogP contribution in [0.4, 0.5) is 4.39 Å². The second kappa shape index (κ2) is 6.13. The number of amides is 1. The molecule has 21 heavy (non-hydrogen) atoms. The number of benzene rings is 1. The van der Waals surface area contributed by atoms with E-state index in [0.717, 1.165) is 4.88 Å². The van der Waals surface area contributed by atoms with Crippen molar-refractivity contribution in [3.8, 4) is 0 Å². The minimum Gasteiger partial charge on any atom is -0.369 e. The van der Waals surface area contributed by atoms with Crippen molar-refractivity contribution in [1.29, 1.82) is 0 Å². The SMILES string of the molecule is O=C(c1ccc(Cl)c(F)c1)N1CCO[C@@H](c2cccs2)C1. The molecule has 0 N–H and O–H groups in total. The quantitative estimate of drug-likeness (QED) is 0.841. The summed E-state index contributed by atoms with van der Waals surface area (Å²) in [6.45, 7) is 1.46. The monoisotopic (exact) mass is 325 g/mol. The number of thiophene rings is 1. The molecule has 3 nitrogen and oxygen atoms in total. The first-order valence-corrected chi connectivity index (χ1v) is 7.80. The summed E-state index contributed by atoms with van der Waals surface area (Å²) in [6.07, 6.45) is -0.111. The van der Waals surface area contributed by atoms with Crippen LogP contribution in [0.5, 0.6) is 0 Å². The minimum atomic E-state index is -0.578. The average Bonchev–Trinajstić information content (AvgIpc) is 3.04. The number of halogens is 2. The van der Waals surface area contributed by atoms with Gasteiger partial charge >= 0.3 is 0 Å². The Labute approximate surface area is 130 Å². The summed E-state index contributed by atoms with van der Waals surface area (Å²) in [5.41, 5.74) is 0.309. The smallest absolute Gasteiger partial charge is 0.254 e. The molecule has 1 aromatic carbocycles. The van der Waals surface area contributed by atoms with Gasteiger partial charge in [0.1, 0.15) is 11.9 Å². The van der Waals surface area contributed by atoms with Crippen LogP contribution in [0.1, 0.15) is 21.3 Å². The van der Waals surface area contributed by atoms with E-state index in [4.69, 9.17) is 16.3 Å². The van der Waals surface area contributed by atoms with Gasteiger partial charge in [-0.25, -0.2) is 4.39 Å². The van der Waals surface area contributed by atoms with Gasteiger partial charge in [-0.2, -0.15) is 0 Å². The number of morpholine rings is 1. The van der Waals surface area contributed by atoms with Gasteiger partial charge in [0.15, 0.2) is 0 Å². The van der Waals surface area contributed by atoms with Crippen molar-refractivity contribution in [2.45, 2.75) is 6.10 Å². The van der Waals surface area contributed by atoms with Gasteiger partial charge in [-0.15, -0.1) is 11.3 Å². The van der Waals surface area contributed by atoms with Crippen molar-refractivity contribution in [3.63, 3.8) is 0 Å². The molecular weight excluding hydrogens is 313 g/mol. The van der Waals surface area contributed by atoms with Crippen LogP contribution in [0.25, 0.3) is 0 Å². The van der Waals surface area contributed by atoms with Crippen molar-refractivity contribution in [3.05, 3.63) is 57.0 Å². The summed E-state index contributed by atoms with van der Waals surface area (Å²) >= 11 is 7.25. The molecule has 2 heterocycles. The summed E-state index contributed by atoms with van der Waals surface area (Å²) in [6, 6.07) is 8.08. The maximum atomic E-state index is 13.5. The Kier molecular flexibility index (Phi) is 4.24. The van der Waals surface area contributed by atoms with E-state index < -0.39 is 5.82 Å². The van der Waals surface area contributed by atoms with Crippen LogP contribution in [0.3, 0.4) is 0 Å². The largest absolute Gasteiger partial charge is 0.369 e. The predicted molar refractivity (Wildman–Crippen MR) is 80.3 cm³/mol. The standard InChI is InChI=1S/C15H13ClFNO2S/c16-11-4-3-10(8-12(11)17)15(19)18-5-6-20-13(9-18)14-2-1-7-21-14/h1-4,7-8,13H,5-6,9H2/t13-/m1/s1. The molecule has 110 valence electrons. The van der Waals surface area contributed by atoms with Gasteiger partial charge in [0.25, 0.3) is 5.91 Å². The molecule has 0 spiro atoms. The number of carbonyl (C=O) groups excluding carboxylic acids is 1. The summed E-state index contributed by atoms with van der Waals surface area (Å²) in [4.78, 5) is 15.2. The lowest BCUT2D eigenvalue weighted by atomic mass is 10.1. The van der Waals surface area contributed by atoms with Crippen LogP contribution >= 0.6 is 22.9 Å². The van der Waals surface area contributed by atoms with Crippen molar-refractivity contribution in [2.75, 3.05) is 19.7 Å². The van der Waals surface area contributed by atoms with Gasteiger partial charge in [0.05, 0.1) is 18.2 Å². The van der Waals surface area contributed by atoms with E-state index >= 15 is 0 Å². The molecule has 0 bridgehead atoms. The molecule has 0 radical (unpaired) electrons. The Hall–Kier alpha value is -1.43. The van der Waals surface area contributed by atoms with E-state index in [9.17, 15) is 9.18 Å². The third-order valence-corrected chi connectivity index (χ3v) is 4.65. The molecule has 0 unspecified atom stereocenters. The predicted octanol–water partition coefficient (Wildman–Crippen LogP) is 3.75. The van der Waals surface area contributed by atoms with Gasteiger partial charge in [-0.1, -0.05) is 17.7 Å². The fourth-order valence-corrected chi connectivity index (χ4v) is 3.18. The number of hydrogen-bond donors (Lipinski definition) is 0. The van der Waals surface area contributed by atoms with E-state index in [-0.39, 0.29) is 17.0 Å². The molecule has 1 aliphatic heterocycles. The highest BCUT2D eigenvalue weighted by Crippen LogP contribution is 2.27. The zero-order chi connectivity index (χ0) is 14.8. The van der Waals surface area contributed by atoms with E-state index in [1.54, 1.807) is 22.3 Å². The first-order valence-electron chi connectivity index (χ1n) is 6.54. The molecule has 1 fully saturated rings. The Bertz CT molecular complexity index is 647. The first kappa shape index (κ1) is 14.5. The molecule has 6 heteroatoms. The number of nitrogens with zero attached hydrogens (tertiary/aromatic N) is 1. The Morgan fingerprint density at radius 3 is 3.00 bits per heavy atom. The van der Waals surface area contributed by atoms with E-state index in [2.05, 4.69) is 0 Å². The Morgan fingerprint density at radius 2 is 2.29 bits per heavy atom. The van der Waals surface area contributed by atoms with Gasteiger partial charge in [-0.05, 0) is 29.6 Å². The van der Waals surface area contributed by atoms with Gasteiger partial charge < -0.3 is 9.64 Å². The van der Waals surface area contributed by atoms with Crippen molar-refractivity contribution >= 4 is 28.8 Å². The third-order valence-electron chi connectivity index (χ3n) is 3.38. The highest BCUT2D eigenvalue weighted by Gasteiger charge is 2.27. The molecular formula is C15H13ClFNO2S. The highest BCUT2D eigenvalue weighted by atomic mass is 35.5. The van der Waals surface area contributed by atoms with Crippen LogP contribution in [0.2, 0.25) is 5.02 Å². The zero-order valence-corrected chi connectivity index (χ0v) is 12.7. The highest BCUT2D eigenvalue weighted by molar-refractivity contribution is 7.10. The van der Waals surface area contributed by atoms with E-state index in [0.29, 0.717) is 25.3 Å². The maximum absolute atomic E-state index is 13.5. The van der Waals surface area contributed by atoms with Crippen molar-refractivity contribution in [2.24, 2.45) is 0 Å². The average molecular weight is 326 g/mol. The molecule has 1 saturated heterocycles. The number of rotatable bonds is 2. The number of carbonyl (C=O) groups is 1. The summed E-state index contributed by atoms with van der Waals surface area (Å²) in [7, 11) is 0. The van der Waals surface area contributed by atoms with Gasteiger partial charge in [0.2, 0.25) is 0 Å². The maximum Gasteiger partial charge on any atom is 0.254 e. The van der Waals surface area contributed by atoms with Gasteiger partial charge in [-0.3, -0.25) is 4.79 Å². The lowest BCUT2D eigenvalue weighted by molar-refractivity contribution is -0.0211. The third kappa shape index (κ3) is 3.10. The topological polar surface area (TPSA) is 29.5 Å². The summed E-state index contributed by atoms with van der Waals surface area (Å²) in [5.74, 6) is -0.777.